The van der Waals surface area contributed by atoms with Crippen LogP contribution in [0.4, 0.5) is 4.79 Å². The maximum Gasteiger partial charge on any atom is 0.414 e. The highest BCUT2D eigenvalue weighted by molar-refractivity contribution is 7.98. The molecule has 0 radical (unpaired) electrons. The highest BCUT2D eigenvalue weighted by Crippen LogP contribution is 2.38. The number of ether oxygens (including phenoxy) is 2. The molecule has 172 valence electrons. The van der Waals surface area contributed by atoms with Crippen molar-refractivity contribution in [3.05, 3.63) is 73.0 Å². The number of benzene rings is 2. The molecule has 0 aliphatic rings. The molecule has 2 N–H and O–H groups in total. The van der Waals surface area contributed by atoms with Gasteiger partial charge < -0.3 is 9.47 Å². The molecule has 2 aromatic carbocycles. The zero-order valence-corrected chi connectivity index (χ0v) is 19.5. The first-order chi connectivity index (χ1) is 15.7. The lowest BCUT2D eigenvalue weighted by atomic mass is 10.3. The molecule has 13 heteroatoms. The van der Waals surface area contributed by atoms with Gasteiger partial charge in [0.05, 0.1) is 22.3 Å². The van der Waals surface area contributed by atoms with Crippen molar-refractivity contribution in [1.29, 1.82) is 0 Å². The Morgan fingerprint density at radius 2 is 1.79 bits per heavy atom. The molecule has 0 saturated carbocycles. The number of carbonyl (C=O) groups excluding carboxylic acids is 2. The van der Waals surface area contributed by atoms with E-state index in [9.17, 15) is 19.2 Å². The van der Waals surface area contributed by atoms with Gasteiger partial charge in [-0.2, -0.15) is 9.78 Å². The lowest BCUT2D eigenvalue weighted by Crippen LogP contribution is -2.41. The molecule has 0 bridgehead atoms. The van der Waals surface area contributed by atoms with E-state index in [1.807, 2.05) is 28.7 Å². The fourth-order valence-corrected chi connectivity index (χ4v) is 3.53. The SMILES string of the molecule is CCOC(=O)NC(=O)c1nn(-c2cc(Cl)c(Oc3ccc(SC)cc3)c(Cl)c2)c(=O)[nH]c1=O. The number of halogens is 2. The Morgan fingerprint density at radius 3 is 2.36 bits per heavy atom. The molecule has 0 unspecified atom stereocenters. The fraction of sp³-hybridized carbons (Fsp3) is 0.150. The third-order valence-corrected chi connectivity index (χ3v) is 5.35. The minimum Gasteiger partial charge on any atom is -0.454 e. The van der Waals surface area contributed by atoms with Crippen LogP contribution in [0.3, 0.4) is 0 Å². The number of imide groups is 1. The molecule has 0 saturated heterocycles. The normalized spacial score (nSPS) is 10.5. The largest absolute Gasteiger partial charge is 0.454 e. The third-order valence-electron chi connectivity index (χ3n) is 4.04. The van der Waals surface area contributed by atoms with Crippen LogP contribution in [0, 0.1) is 0 Å². The van der Waals surface area contributed by atoms with Crippen LogP contribution in [0.5, 0.6) is 11.5 Å². The maximum atomic E-state index is 12.3. The van der Waals surface area contributed by atoms with Crippen LogP contribution < -0.4 is 21.3 Å². The second-order valence-corrected chi connectivity index (χ2v) is 7.90. The van der Waals surface area contributed by atoms with E-state index in [2.05, 4.69) is 9.84 Å². The summed E-state index contributed by atoms with van der Waals surface area (Å²) in [5.74, 6) is -0.535. The Hall–Kier alpha value is -3.28. The lowest BCUT2D eigenvalue weighted by Gasteiger charge is -2.13. The molecule has 0 fully saturated rings. The van der Waals surface area contributed by atoms with Crippen molar-refractivity contribution in [2.75, 3.05) is 12.9 Å². The van der Waals surface area contributed by atoms with E-state index < -0.39 is 28.9 Å². The monoisotopic (exact) mass is 510 g/mol. The number of carbonyl (C=O) groups is 2. The van der Waals surface area contributed by atoms with Gasteiger partial charge in [0.2, 0.25) is 5.69 Å². The smallest absolute Gasteiger partial charge is 0.414 e. The summed E-state index contributed by atoms with van der Waals surface area (Å²) in [4.78, 5) is 51.0. The van der Waals surface area contributed by atoms with E-state index in [0.29, 0.717) is 10.4 Å². The first-order valence-electron chi connectivity index (χ1n) is 9.26. The molecule has 3 rings (SSSR count). The Balaban J connectivity index is 1.96. The first kappa shape index (κ1) is 24.4. The number of rotatable bonds is 6. The number of amides is 2. The third kappa shape index (κ3) is 5.75. The van der Waals surface area contributed by atoms with Gasteiger partial charge in [-0.3, -0.25) is 19.9 Å². The number of thioether (sulfide) groups is 1. The Morgan fingerprint density at radius 1 is 1.15 bits per heavy atom. The number of alkyl carbamates (subject to hydrolysis) is 1. The van der Waals surface area contributed by atoms with Gasteiger partial charge in [-0.25, -0.2) is 9.59 Å². The molecule has 0 aliphatic carbocycles. The summed E-state index contributed by atoms with van der Waals surface area (Å²) in [7, 11) is 0. The zero-order valence-electron chi connectivity index (χ0n) is 17.2. The van der Waals surface area contributed by atoms with Crippen molar-refractivity contribution in [2.45, 2.75) is 11.8 Å². The van der Waals surface area contributed by atoms with E-state index in [-0.39, 0.29) is 28.1 Å². The van der Waals surface area contributed by atoms with Gasteiger partial charge in [-0.15, -0.1) is 11.8 Å². The Kier molecular flexibility index (Phi) is 7.79. The van der Waals surface area contributed by atoms with Crippen molar-refractivity contribution in [3.63, 3.8) is 0 Å². The summed E-state index contributed by atoms with van der Waals surface area (Å²) in [6.45, 7) is 1.55. The number of hydrogen-bond donors (Lipinski definition) is 2. The van der Waals surface area contributed by atoms with Crippen molar-refractivity contribution in [1.82, 2.24) is 20.1 Å². The summed E-state index contributed by atoms with van der Waals surface area (Å²) in [5, 5.41) is 5.67. The molecule has 2 amide bonds. The van der Waals surface area contributed by atoms with Gasteiger partial charge in [-0.05, 0) is 49.6 Å². The van der Waals surface area contributed by atoms with E-state index in [1.54, 1.807) is 23.9 Å². The molecular weight excluding hydrogens is 495 g/mol. The number of aromatic nitrogens is 3. The quantitative estimate of drug-likeness (QED) is 0.480. The Labute approximate surface area is 200 Å². The molecule has 0 atom stereocenters. The zero-order chi connectivity index (χ0) is 24.1. The van der Waals surface area contributed by atoms with Gasteiger partial charge >= 0.3 is 11.8 Å². The topological polar surface area (TPSA) is 132 Å². The molecule has 3 aromatic rings. The molecule has 10 nitrogen and oxygen atoms in total. The molecule has 1 aromatic heterocycles. The van der Waals surface area contributed by atoms with Gasteiger partial charge in [0, 0.05) is 4.90 Å². The van der Waals surface area contributed by atoms with Crippen molar-refractivity contribution in [2.24, 2.45) is 0 Å². The van der Waals surface area contributed by atoms with Gasteiger partial charge in [-0.1, -0.05) is 23.2 Å². The van der Waals surface area contributed by atoms with Crippen LogP contribution in [0.2, 0.25) is 10.0 Å². The second-order valence-electron chi connectivity index (χ2n) is 6.21. The predicted molar refractivity (Wildman–Crippen MR) is 123 cm³/mol. The fourth-order valence-electron chi connectivity index (χ4n) is 2.57. The van der Waals surface area contributed by atoms with Crippen molar-refractivity contribution >= 4 is 47.0 Å². The average Bonchev–Trinajstić information content (AvgIpc) is 2.76. The summed E-state index contributed by atoms with van der Waals surface area (Å²) >= 11 is 14.2. The van der Waals surface area contributed by atoms with Crippen molar-refractivity contribution in [3.8, 4) is 17.2 Å². The minimum absolute atomic E-state index is 0.00945. The van der Waals surface area contributed by atoms with Crippen LogP contribution >= 0.6 is 35.0 Å². The summed E-state index contributed by atoms with van der Waals surface area (Å²) in [5.41, 5.74) is -2.75. The highest BCUT2D eigenvalue weighted by Gasteiger charge is 2.20. The van der Waals surface area contributed by atoms with Gasteiger partial charge in [0.25, 0.3) is 11.5 Å². The number of nitrogens with zero attached hydrogens (tertiary/aromatic N) is 2. The van der Waals surface area contributed by atoms with Crippen LogP contribution in [0.1, 0.15) is 17.4 Å². The lowest BCUT2D eigenvalue weighted by molar-refractivity contribution is 0.0916. The van der Waals surface area contributed by atoms with Crippen molar-refractivity contribution < 1.29 is 19.1 Å². The van der Waals surface area contributed by atoms with Crippen LogP contribution in [-0.2, 0) is 4.74 Å². The number of hydrogen-bond acceptors (Lipinski definition) is 8. The van der Waals surface area contributed by atoms with Gasteiger partial charge in [0.1, 0.15) is 5.75 Å². The Bertz CT molecular complexity index is 1300. The first-order valence-corrected chi connectivity index (χ1v) is 11.2. The van der Waals surface area contributed by atoms with Gasteiger partial charge in [0.15, 0.2) is 5.75 Å². The van der Waals surface area contributed by atoms with Crippen LogP contribution in [0.15, 0.2) is 50.9 Å². The van der Waals surface area contributed by atoms with E-state index in [0.717, 1.165) is 4.90 Å². The predicted octanol–water partition coefficient (Wildman–Crippen LogP) is 3.63. The number of nitrogens with one attached hydrogen (secondary N) is 2. The molecule has 1 heterocycles. The minimum atomic E-state index is -1.16. The second kappa shape index (κ2) is 10.6. The summed E-state index contributed by atoms with van der Waals surface area (Å²) in [6, 6.07) is 9.85. The molecule has 0 spiro atoms. The maximum absolute atomic E-state index is 12.3. The van der Waals surface area contributed by atoms with Crippen LogP contribution in [0.25, 0.3) is 5.69 Å². The molecule has 0 aliphatic heterocycles. The van der Waals surface area contributed by atoms with Crippen LogP contribution in [-0.4, -0.2) is 39.6 Å². The molecule has 33 heavy (non-hydrogen) atoms. The average molecular weight is 511 g/mol. The summed E-state index contributed by atoms with van der Waals surface area (Å²) < 4.78 is 11.0. The molecular formula is C20H16Cl2N4O6S. The number of H-pyrrole nitrogens is 1. The van der Waals surface area contributed by atoms with E-state index >= 15 is 0 Å². The summed E-state index contributed by atoms with van der Waals surface area (Å²) in [6.07, 6.45) is 0.876. The number of aromatic amines is 1. The van der Waals surface area contributed by atoms with E-state index in [1.165, 1.54) is 19.1 Å². The standard InChI is InChI=1S/C20H16Cl2N4O6S/c1-3-31-20(30)24-18(28)15-17(27)23-19(29)26(25-15)10-8-13(21)16(14(22)9-10)32-11-4-6-12(33-2)7-5-11/h4-9H,3H2,1-2H3,(H,23,27,29)(H,24,28,30). The highest BCUT2D eigenvalue weighted by atomic mass is 35.5. The van der Waals surface area contributed by atoms with E-state index in [4.69, 9.17) is 27.9 Å².